The predicted octanol–water partition coefficient (Wildman–Crippen LogP) is 1.56. The van der Waals surface area contributed by atoms with Gasteiger partial charge in [-0.15, -0.1) is 0 Å². The fraction of sp³-hybridized carbons (Fsp3) is 0.429. The molecule has 2 amide bonds. The maximum atomic E-state index is 11.9. The van der Waals surface area contributed by atoms with Crippen LogP contribution in [0.3, 0.4) is 0 Å². The van der Waals surface area contributed by atoms with Gasteiger partial charge in [-0.2, -0.15) is 0 Å². The lowest BCUT2D eigenvalue weighted by Gasteiger charge is -2.15. The molecular formula is C14H18N4O2. The highest BCUT2D eigenvalue weighted by molar-refractivity contribution is 6.07. The fourth-order valence-electron chi connectivity index (χ4n) is 2.54. The van der Waals surface area contributed by atoms with Crippen molar-refractivity contribution >= 4 is 28.9 Å². The summed E-state index contributed by atoms with van der Waals surface area (Å²) in [7, 11) is 0. The van der Waals surface area contributed by atoms with E-state index < -0.39 is 5.41 Å². The number of carbonyl (C=O) groups excluding carboxylic acids is 2. The minimum atomic E-state index is -0.531. The highest BCUT2D eigenvalue weighted by atomic mass is 16.2. The molecule has 106 valence electrons. The Bertz CT molecular complexity index is 609. The van der Waals surface area contributed by atoms with E-state index in [9.17, 15) is 9.59 Å². The first-order valence-corrected chi connectivity index (χ1v) is 6.74. The lowest BCUT2D eigenvalue weighted by atomic mass is 9.86. The average Bonchev–Trinajstić information content (AvgIpc) is 2.86. The molecule has 0 radical (unpaired) electrons. The number of hydrogen-bond donors (Lipinski definition) is 4. The second-order valence-corrected chi connectivity index (χ2v) is 5.67. The Morgan fingerprint density at radius 2 is 1.90 bits per heavy atom. The second-order valence-electron chi connectivity index (χ2n) is 5.67. The molecule has 0 fully saturated rings. The minimum Gasteiger partial charge on any atom is -0.347 e. The van der Waals surface area contributed by atoms with Crippen LogP contribution >= 0.6 is 0 Å². The van der Waals surface area contributed by atoms with Gasteiger partial charge in [0.1, 0.15) is 0 Å². The van der Waals surface area contributed by atoms with Crippen molar-refractivity contribution in [2.45, 2.75) is 38.9 Å². The monoisotopic (exact) mass is 274 g/mol. The van der Waals surface area contributed by atoms with Crippen LogP contribution in [-0.2, 0) is 15.0 Å². The van der Waals surface area contributed by atoms with Gasteiger partial charge in [-0.25, -0.2) is 0 Å². The van der Waals surface area contributed by atoms with Crippen LogP contribution in [0.15, 0.2) is 12.1 Å². The Balaban J connectivity index is 1.88. The van der Waals surface area contributed by atoms with E-state index in [1.54, 1.807) is 0 Å². The fourth-order valence-corrected chi connectivity index (χ4v) is 2.54. The number of hydrogen-bond acceptors (Lipinski definition) is 4. The van der Waals surface area contributed by atoms with Crippen LogP contribution in [0.25, 0.3) is 0 Å². The molecule has 3 rings (SSSR count). The molecule has 0 bridgehead atoms. The Morgan fingerprint density at radius 1 is 1.25 bits per heavy atom. The van der Waals surface area contributed by atoms with Gasteiger partial charge in [-0.3, -0.25) is 9.59 Å². The van der Waals surface area contributed by atoms with E-state index in [-0.39, 0.29) is 18.1 Å². The summed E-state index contributed by atoms with van der Waals surface area (Å²) in [5.74, 6) is -0.0176. The highest BCUT2D eigenvalue weighted by Gasteiger charge is 2.39. The molecule has 0 saturated carbocycles. The van der Waals surface area contributed by atoms with Gasteiger partial charge >= 0.3 is 0 Å². The standard InChI is InChI=1S/C14H18N4O2/c1-4-11(19)18-13-16-9-5-7-8(6-10(9)17-13)15-12(20)14(7,2)3/h5-6,13,16-17H,4H2,1-3H3,(H,15,20)(H,18,19). The number of fused-ring (bicyclic) bond motifs is 2. The SMILES string of the molecule is CCC(=O)NC1Nc2cc3c(cc2N1)C(C)(C)C(=O)N3. The number of amides is 2. The van der Waals surface area contributed by atoms with Crippen molar-refractivity contribution in [1.82, 2.24) is 5.32 Å². The maximum Gasteiger partial charge on any atom is 0.234 e. The topological polar surface area (TPSA) is 82.3 Å². The zero-order chi connectivity index (χ0) is 14.5. The summed E-state index contributed by atoms with van der Waals surface area (Å²) in [6, 6.07) is 3.87. The van der Waals surface area contributed by atoms with Gasteiger partial charge in [-0.05, 0) is 31.5 Å². The quantitative estimate of drug-likeness (QED) is 0.659. The van der Waals surface area contributed by atoms with E-state index in [4.69, 9.17) is 0 Å². The molecule has 1 atom stereocenters. The summed E-state index contributed by atoms with van der Waals surface area (Å²) in [4.78, 5) is 23.3. The van der Waals surface area contributed by atoms with Crippen molar-refractivity contribution in [2.75, 3.05) is 16.0 Å². The van der Waals surface area contributed by atoms with Crippen molar-refractivity contribution in [2.24, 2.45) is 0 Å². The van der Waals surface area contributed by atoms with E-state index in [1.807, 2.05) is 32.9 Å². The van der Waals surface area contributed by atoms with Gasteiger partial charge in [0.15, 0.2) is 6.29 Å². The van der Waals surface area contributed by atoms with Crippen molar-refractivity contribution < 1.29 is 9.59 Å². The van der Waals surface area contributed by atoms with Crippen molar-refractivity contribution in [3.05, 3.63) is 17.7 Å². The second kappa shape index (κ2) is 4.13. The molecule has 4 N–H and O–H groups in total. The third-order valence-corrected chi connectivity index (χ3v) is 3.87. The van der Waals surface area contributed by atoms with Crippen LogP contribution in [0.1, 0.15) is 32.8 Å². The first-order valence-electron chi connectivity index (χ1n) is 6.74. The molecule has 0 spiro atoms. The van der Waals surface area contributed by atoms with Crippen LogP contribution in [-0.4, -0.2) is 18.1 Å². The molecule has 20 heavy (non-hydrogen) atoms. The Hall–Kier alpha value is -2.24. The van der Waals surface area contributed by atoms with Crippen molar-refractivity contribution in [3.63, 3.8) is 0 Å². The maximum absolute atomic E-state index is 11.9. The Kier molecular flexibility index (Phi) is 2.64. The molecule has 6 nitrogen and oxygen atoms in total. The molecule has 2 aliphatic heterocycles. The normalized spacial score (nSPS) is 21.4. The Morgan fingerprint density at radius 3 is 2.55 bits per heavy atom. The number of carbonyl (C=O) groups is 2. The van der Waals surface area contributed by atoms with Gasteiger partial charge in [0.25, 0.3) is 0 Å². The zero-order valence-corrected chi connectivity index (χ0v) is 11.8. The number of rotatable bonds is 2. The molecule has 1 aromatic carbocycles. The van der Waals surface area contributed by atoms with Crippen molar-refractivity contribution in [3.8, 4) is 0 Å². The van der Waals surface area contributed by atoms with Gasteiger partial charge in [-0.1, -0.05) is 6.92 Å². The van der Waals surface area contributed by atoms with Crippen LogP contribution in [0.2, 0.25) is 0 Å². The van der Waals surface area contributed by atoms with E-state index in [2.05, 4.69) is 21.3 Å². The molecule has 1 unspecified atom stereocenters. The summed E-state index contributed by atoms with van der Waals surface area (Å²) in [5, 5.41) is 12.1. The highest BCUT2D eigenvalue weighted by Crippen LogP contribution is 2.43. The predicted molar refractivity (Wildman–Crippen MR) is 77.6 cm³/mol. The van der Waals surface area contributed by atoms with E-state index in [1.165, 1.54) is 0 Å². The zero-order valence-electron chi connectivity index (χ0n) is 11.8. The van der Waals surface area contributed by atoms with Gasteiger partial charge < -0.3 is 21.3 Å². The van der Waals surface area contributed by atoms with Crippen LogP contribution in [0.5, 0.6) is 0 Å². The molecule has 0 aliphatic carbocycles. The largest absolute Gasteiger partial charge is 0.347 e. The average molecular weight is 274 g/mol. The van der Waals surface area contributed by atoms with E-state index >= 15 is 0 Å². The first kappa shape index (κ1) is 12.8. The van der Waals surface area contributed by atoms with Crippen LogP contribution < -0.4 is 21.3 Å². The minimum absolute atomic E-state index is 0.00649. The summed E-state index contributed by atoms with van der Waals surface area (Å²) in [6.07, 6.45) is 0.134. The third-order valence-electron chi connectivity index (χ3n) is 3.87. The third kappa shape index (κ3) is 1.79. The molecule has 0 saturated heterocycles. The molecule has 2 heterocycles. The van der Waals surface area contributed by atoms with Gasteiger partial charge in [0.05, 0.1) is 16.8 Å². The first-order chi connectivity index (χ1) is 9.41. The Labute approximate surface area is 117 Å². The van der Waals surface area contributed by atoms with Crippen LogP contribution in [0, 0.1) is 0 Å². The lowest BCUT2D eigenvalue weighted by molar-refractivity contribution is -0.121. The summed E-state index contributed by atoms with van der Waals surface area (Å²) in [5.41, 5.74) is 3.04. The van der Waals surface area contributed by atoms with Crippen molar-refractivity contribution in [1.29, 1.82) is 0 Å². The summed E-state index contributed by atoms with van der Waals surface area (Å²) in [6.45, 7) is 5.61. The smallest absolute Gasteiger partial charge is 0.234 e. The summed E-state index contributed by atoms with van der Waals surface area (Å²) >= 11 is 0. The van der Waals surface area contributed by atoms with Gasteiger partial charge in [0, 0.05) is 12.1 Å². The molecule has 0 aromatic heterocycles. The van der Waals surface area contributed by atoms with Crippen LogP contribution in [0.4, 0.5) is 17.1 Å². The molecule has 1 aromatic rings. The number of anilines is 3. The summed E-state index contributed by atoms with van der Waals surface area (Å²) < 4.78 is 0. The number of nitrogens with one attached hydrogen (secondary N) is 4. The van der Waals surface area contributed by atoms with E-state index in [0.29, 0.717) is 6.42 Å². The number of benzene rings is 1. The molecule has 6 heteroatoms. The van der Waals surface area contributed by atoms with E-state index in [0.717, 1.165) is 22.6 Å². The molecule has 2 aliphatic rings. The lowest BCUT2D eigenvalue weighted by Crippen LogP contribution is -2.42. The molecular weight excluding hydrogens is 256 g/mol. The van der Waals surface area contributed by atoms with Gasteiger partial charge in [0.2, 0.25) is 11.8 Å².